The van der Waals surface area contributed by atoms with Crippen molar-refractivity contribution in [2.75, 3.05) is 13.2 Å². The maximum Gasteiger partial charge on any atom is 0.167 e. The second-order valence-electron chi connectivity index (χ2n) is 7.22. The molecule has 5 heteroatoms. The van der Waals surface area contributed by atoms with Crippen LogP contribution in [0.25, 0.3) is 11.1 Å². The normalized spacial score (nSPS) is 19.8. The molecule has 0 bridgehead atoms. The van der Waals surface area contributed by atoms with Crippen LogP contribution in [0.4, 0.5) is 13.2 Å². The first-order chi connectivity index (χ1) is 13.5. The average molecular weight is 392 g/mol. The molecule has 1 heterocycles. The summed E-state index contributed by atoms with van der Waals surface area (Å²) >= 11 is 0. The molecule has 2 nitrogen and oxygen atoms in total. The zero-order valence-corrected chi connectivity index (χ0v) is 16.4. The molecular weight excluding hydrogens is 365 g/mol. The van der Waals surface area contributed by atoms with Crippen LogP contribution in [0, 0.1) is 17.5 Å². The molecule has 0 spiro atoms. The van der Waals surface area contributed by atoms with E-state index >= 15 is 0 Å². The minimum atomic E-state index is -1.03. The van der Waals surface area contributed by atoms with Crippen LogP contribution in [-0.4, -0.2) is 19.3 Å². The van der Waals surface area contributed by atoms with Crippen LogP contribution in [0.5, 0.6) is 0 Å². The van der Waals surface area contributed by atoms with Gasteiger partial charge in [-0.1, -0.05) is 37.6 Å². The number of rotatable bonds is 7. The Labute approximate surface area is 164 Å². The fourth-order valence-corrected chi connectivity index (χ4v) is 3.67. The molecule has 0 radical (unpaired) electrons. The second kappa shape index (κ2) is 9.57. The van der Waals surface area contributed by atoms with Gasteiger partial charge in [0.25, 0.3) is 0 Å². The van der Waals surface area contributed by atoms with E-state index in [9.17, 15) is 13.2 Å². The lowest BCUT2D eigenvalue weighted by Crippen LogP contribution is -2.28. The highest BCUT2D eigenvalue weighted by Gasteiger charge is 2.27. The molecule has 3 rings (SSSR count). The first-order valence-corrected chi connectivity index (χ1v) is 10.0. The minimum Gasteiger partial charge on any atom is -0.376 e. The van der Waals surface area contributed by atoms with Crippen LogP contribution in [0.15, 0.2) is 30.3 Å². The molecule has 1 fully saturated rings. The van der Waals surface area contributed by atoms with Gasteiger partial charge in [0.15, 0.2) is 11.6 Å². The average Bonchev–Trinajstić information content (AvgIpc) is 2.70. The number of halogens is 3. The van der Waals surface area contributed by atoms with Gasteiger partial charge in [-0.25, -0.2) is 13.2 Å². The number of ether oxygens (including phenoxy) is 2. The van der Waals surface area contributed by atoms with Gasteiger partial charge >= 0.3 is 0 Å². The molecule has 152 valence electrons. The molecule has 0 amide bonds. The van der Waals surface area contributed by atoms with Gasteiger partial charge in [0.1, 0.15) is 5.82 Å². The highest BCUT2D eigenvalue weighted by molar-refractivity contribution is 5.66. The van der Waals surface area contributed by atoms with E-state index in [-0.39, 0.29) is 22.8 Å². The van der Waals surface area contributed by atoms with Crippen LogP contribution < -0.4 is 0 Å². The van der Waals surface area contributed by atoms with E-state index in [1.54, 1.807) is 6.07 Å². The lowest BCUT2D eigenvalue weighted by Gasteiger charge is -2.29. The van der Waals surface area contributed by atoms with Gasteiger partial charge in [-0.3, -0.25) is 0 Å². The summed E-state index contributed by atoms with van der Waals surface area (Å²) in [7, 11) is 0. The fraction of sp³-hybridized carbons (Fsp3) is 0.478. The van der Waals surface area contributed by atoms with E-state index in [1.165, 1.54) is 24.3 Å². The molecule has 2 unspecified atom stereocenters. The Kier molecular flexibility index (Phi) is 7.13. The first-order valence-electron chi connectivity index (χ1n) is 10.0. The minimum absolute atomic E-state index is 0.00579. The summed E-state index contributed by atoms with van der Waals surface area (Å²) in [6, 6.07) is 7.66. The predicted molar refractivity (Wildman–Crippen MR) is 104 cm³/mol. The lowest BCUT2D eigenvalue weighted by atomic mass is 9.95. The summed E-state index contributed by atoms with van der Waals surface area (Å²) in [6.45, 7) is 4.93. The van der Waals surface area contributed by atoms with Crippen LogP contribution in [0.2, 0.25) is 0 Å². The van der Waals surface area contributed by atoms with Gasteiger partial charge in [0.2, 0.25) is 0 Å². The predicted octanol–water partition coefficient (Wildman–Crippen LogP) is 6.37. The maximum absolute atomic E-state index is 14.8. The quantitative estimate of drug-likeness (QED) is 0.545. The standard InChI is InChI=1S/C23H27F3O2/c1-3-5-6-15-7-9-17(20(24)13-15)18-10-11-19(23(26)22(18)25)21-12-8-16(14-28-21)27-4-2/h7,9-11,13,16,21H,3-6,8,12,14H2,1-2H3. The SMILES string of the molecule is CCCCc1ccc(-c2ccc(C3CCC(OCC)CO3)c(F)c2F)c(F)c1. The van der Waals surface area contributed by atoms with Gasteiger partial charge < -0.3 is 9.47 Å². The van der Waals surface area contributed by atoms with Crippen molar-refractivity contribution in [2.45, 2.75) is 58.2 Å². The van der Waals surface area contributed by atoms with Crippen molar-refractivity contribution in [3.63, 3.8) is 0 Å². The zero-order chi connectivity index (χ0) is 20.1. The molecule has 2 atom stereocenters. The molecule has 28 heavy (non-hydrogen) atoms. The summed E-state index contributed by atoms with van der Waals surface area (Å²) < 4.78 is 55.2. The van der Waals surface area contributed by atoms with Gasteiger partial charge in [-0.15, -0.1) is 0 Å². The largest absolute Gasteiger partial charge is 0.376 e. The van der Waals surface area contributed by atoms with Gasteiger partial charge in [0, 0.05) is 23.3 Å². The molecule has 0 aromatic heterocycles. The Balaban J connectivity index is 1.81. The van der Waals surface area contributed by atoms with Gasteiger partial charge in [-0.2, -0.15) is 0 Å². The van der Waals surface area contributed by atoms with E-state index in [2.05, 4.69) is 6.92 Å². The van der Waals surface area contributed by atoms with E-state index in [1.807, 2.05) is 6.92 Å². The first kappa shape index (κ1) is 20.9. The summed E-state index contributed by atoms with van der Waals surface area (Å²) in [5.41, 5.74) is 1.05. The summed E-state index contributed by atoms with van der Waals surface area (Å²) in [5.74, 6) is -2.53. The van der Waals surface area contributed by atoms with Crippen molar-refractivity contribution in [1.29, 1.82) is 0 Å². The van der Waals surface area contributed by atoms with E-state index in [0.29, 0.717) is 19.6 Å². The molecule has 1 aliphatic rings. The van der Waals surface area contributed by atoms with Crippen molar-refractivity contribution < 1.29 is 22.6 Å². The summed E-state index contributed by atoms with van der Waals surface area (Å²) in [4.78, 5) is 0. The van der Waals surface area contributed by atoms with Crippen LogP contribution >= 0.6 is 0 Å². The lowest BCUT2D eigenvalue weighted by molar-refractivity contribution is -0.0850. The Bertz CT molecular complexity index is 799. The number of benzene rings is 2. The molecule has 0 saturated carbocycles. The topological polar surface area (TPSA) is 18.5 Å². The molecule has 2 aromatic carbocycles. The fourth-order valence-electron chi connectivity index (χ4n) is 3.67. The van der Waals surface area contributed by atoms with Crippen molar-refractivity contribution in [2.24, 2.45) is 0 Å². The van der Waals surface area contributed by atoms with E-state index in [0.717, 1.165) is 31.2 Å². The molecule has 1 saturated heterocycles. The molecule has 2 aromatic rings. The molecule has 0 N–H and O–H groups in total. The smallest absolute Gasteiger partial charge is 0.167 e. The van der Waals surface area contributed by atoms with Crippen LogP contribution in [-0.2, 0) is 15.9 Å². The van der Waals surface area contributed by atoms with E-state index < -0.39 is 23.6 Å². The Morgan fingerprint density at radius 3 is 2.43 bits per heavy atom. The van der Waals surface area contributed by atoms with Crippen molar-refractivity contribution >= 4 is 0 Å². The molecular formula is C23H27F3O2. The van der Waals surface area contributed by atoms with E-state index in [4.69, 9.17) is 9.47 Å². The molecule has 0 aliphatic carbocycles. The third kappa shape index (κ3) is 4.58. The van der Waals surface area contributed by atoms with Crippen LogP contribution in [0.1, 0.15) is 56.8 Å². The Morgan fingerprint density at radius 1 is 1.00 bits per heavy atom. The summed E-state index contributed by atoms with van der Waals surface area (Å²) in [5, 5.41) is 0. The van der Waals surface area contributed by atoms with Gasteiger partial charge in [0.05, 0.1) is 18.8 Å². The number of unbranched alkanes of at least 4 members (excludes halogenated alkanes) is 1. The zero-order valence-electron chi connectivity index (χ0n) is 16.4. The highest BCUT2D eigenvalue weighted by atomic mass is 19.2. The monoisotopic (exact) mass is 392 g/mol. The van der Waals surface area contributed by atoms with Crippen molar-refractivity contribution in [3.8, 4) is 11.1 Å². The Hall–Kier alpha value is -1.85. The highest BCUT2D eigenvalue weighted by Crippen LogP contribution is 2.35. The van der Waals surface area contributed by atoms with Gasteiger partial charge in [-0.05, 0) is 44.2 Å². The van der Waals surface area contributed by atoms with Crippen LogP contribution in [0.3, 0.4) is 0 Å². The number of hydrogen-bond donors (Lipinski definition) is 0. The number of hydrogen-bond acceptors (Lipinski definition) is 2. The third-order valence-corrected chi connectivity index (χ3v) is 5.24. The summed E-state index contributed by atoms with van der Waals surface area (Å²) in [6.07, 6.45) is 3.51. The maximum atomic E-state index is 14.8. The Morgan fingerprint density at radius 2 is 1.79 bits per heavy atom. The second-order valence-corrected chi connectivity index (χ2v) is 7.22. The molecule has 1 aliphatic heterocycles. The third-order valence-electron chi connectivity index (χ3n) is 5.24. The van der Waals surface area contributed by atoms with Crippen molar-refractivity contribution in [3.05, 3.63) is 58.9 Å². The van der Waals surface area contributed by atoms with Crippen molar-refractivity contribution in [1.82, 2.24) is 0 Å². The number of aryl methyl sites for hydroxylation is 1.